The predicted molar refractivity (Wildman–Crippen MR) is 245 cm³/mol. The minimum Gasteiger partial charge on any atom is -0.460 e. The van der Waals surface area contributed by atoms with E-state index < -0.39 is 83.9 Å². The van der Waals surface area contributed by atoms with Crippen LogP contribution in [0.5, 0.6) is 0 Å². The van der Waals surface area contributed by atoms with Crippen LogP contribution in [0.2, 0.25) is 0 Å². The summed E-state index contributed by atoms with van der Waals surface area (Å²) >= 11 is 0. The summed E-state index contributed by atoms with van der Waals surface area (Å²) in [6, 6.07) is -1.13. The maximum absolute atomic E-state index is 14.4. The quantitative estimate of drug-likeness (QED) is 0.151. The molecule has 3 fully saturated rings. The van der Waals surface area contributed by atoms with Gasteiger partial charge in [0.05, 0.1) is 24.4 Å². The second-order valence-electron chi connectivity index (χ2n) is 20.0. The van der Waals surface area contributed by atoms with Gasteiger partial charge in [-0.05, 0) is 120 Å². The predicted octanol–water partition coefficient (Wildman–Crippen LogP) is 6.40. The molecular formula is C51H81NO13. The number of esters is 1. The number of Topliss-reactive ketones (excluding diaryl/α,β-unsaturated/α-hetero) is 3. The number of ketones is 3. The molecule has 2 saturated heterocycles. The van der Waals surface area contributed by atoms with Crippen molar-refractivity contribution in [1.82, 2.24) is 4.90 Å². The second-order valence-corrected chi connectivity index (χ2v) is 20.0. The molecule has 0 aromatic heterocycles. The average molecular weight is 916 g/mol. The molecule has 65 heavy (non-hydrogen) atoms. The van der Waals surface area contributed by atoms with E-state index in [1.54, 1.807) is 41.1 Å². The molecule has 15 atom stereocenters. The second kappa shape index (κ2) is 25.3. The molecule has 4 aliphatic rings. The first kappa shape index (κ1) is 54.5. The van der Waals surface area contributed by atoms with Gasteiger partial charge in [0.25, 0.3) is 11.7 Å². The van der Waals surface area contributed by atoms with Gasteiger partial charge in [0, 0.05) is 58.5 Å². The Kier molecular flexibility index (Phi) is 21.2. The Morgan fingerprint density at radius 2 is 1.58 bits per heavy atom. The van der Waals surface area contributed by atoms with Gasteiger partial charge in [-0.1, -0.05) is 58.9 Å². The summed E-state index contributed by atoms with van der Waals surface area (Å²) in [5, 5.41) is 33.9. The number of carbonyl (C=O) groups excluding carboxylic acids is 5. The topological polar surface area (TPSA) is 195 Å². The third-order valence-electron chi connectivity index (χ3n) is 14.8. The number of carbonyl (C=O) groups is 5. The number of cyclic esters (lactones) is 1. The third kappa shape index (κ3) is 14.4. The first-order valence-electron chi connectivity index (χ1n) is 24.2. The zero-order valence-corrected chi connectivity index (χ0v) is 40.9. The van der Waals surface area contributed by atoms with Crippen molar-refractivity contribution >= 4 is 29.2 Å². The Morgan fingerprint density at radius 1 is 0.862 bits per heavy atom. The first-order chi connectivity index (χ1) is 30.7. The van der Waals surface area contributed by atoms with Gasteiger partial charge in [-0.3, -0.25) is 19.2 Å². The summed E-state index contributed by atoms with van der Waals surface area (Å²) < 4.78 is 29.4. The van der Waals surface area contributed by atoms with Crippen LogP contribution in [0.25, 0.3) is 0 Å². The Hall–Kier alpha value is -3.11. The lowest BCUT2D eigenvalue weighted by Crippen LogP contribution is -2.61. The summed E-state index contributed by atoms with van der Waals surface area (Å²) in [7, 11) is 4.55. The van der Waals surface area contributed by atoms with Crippen LogP contribution in [-0.2, 0) is 47.7 Å². The number of piperidine rings is 1. The molecule has 4 rings (SSSR count). The molecule has 0 radical (unpaired) electrons. The molecule has 14 nitrogen and oxygen atoms in total. The van der Waals surface area contributed by atoms with Gasteiger partial charge in [0.2, 0.25) is 5.79 Å². The molecule has 3 aliphatic heterocycles. The van der Waals surface area contributed by atoms with Gasteiger partial charge in [-0.15, -0.1) is 0 Å². The van der Waals surface area contributed by atoms with E-state index in [1.165, 1.54) is 12.0 Å². The van der Waals surface area contributed by atoms with Crippen LogP contribution in [0.4, 0.5) is 0 Å². The SMILES string of the molecule is CO[C@H]1C[C@@H]2CC[C@@H](C)[C@@](O)(O2)C(=O)C(=O)N2CCCC[C@H]2C(=O)O[C@H]([C@H](C)C[C@@H]2CC[C@@H](O)[C@H](OC)C2)CC(=O)[C@H](C)/C=C(\C)C(O)[C@@H](OC)C(=O)[C@H](C)C[C@H](C)CC/C=C/C=C/1C. The van der Waals surface area contributed by atoms with Crippen molar-refractivity contribution in [3.63, 3.8) is 0 Å². The summed E-state index contributed by atoms with van der Waals surface area (Å²) in [6.07, 6.45) is 9.47. The zero-order valence-electron chi connectivity index (χ0n) is 40.9. The van der Waals surface area contributed by atoms with E-state index in [0.717, 1.165) is 24.8 Å². The fourth-order valence-corrected chi connectivity index (χ4v) is 10.4. The number of methoxy groups -OCH3 is 3. The highest BCUT2D eigenvalue weighted by Gasteiger charge is 2.53. The normalized spacial score (nSPS) is 40.2. The van der Waals surface area contributed by atoms with Gasteiger partial charge >= 0.3 is 5.97 Å². The minimum absolute atomic E-state index is 0.0928. The highest BCUT2D eigenvalue weighted by Crippen LogP contribution is 2.38. The lowest BCUT2D eigenvalue weighted by atomic mass is 9.78. The maximum Gasteiger partial charge on any atom is 0.329 e. The van der Waals surface area contributed by atoms with Crippen molar-refractivity contribution < 1.29 is 63.0 Å². The van der Waals surface area contributed by atoms with Crippen LogP contribution in [0.15, 0.2) is 35.5 Å². The monoisotopic (exact) mass is 916 g/mol. The van der Waals surface area contributed by atoms with Crippen molar-refractivity contribution in [2.75, 3.05) is 27.9 Å². The van der Waals surface area contributed by atoms with Gasteiger partial charge in [0.1, 0.15) is 30.1 Å². The Labute approximate surface area is 387 Å². The van der Waals surface area contributed by atoms with Crippen LogP contribution in [0.3, 0.4) is 0 Å². The fraction of sp³-hybridized carbons (Fsp3) is 0.784. The van der Waals surface area contributed by atoms with Crippen LogP contribution < -0.4 is 0 Å². The molecule has 14 heteroatoms. The molecule has 1 amide bonds. The number of amides is 1. The number of aliphatic hydroxyl groups excluding tert-OH is 2. The van der Waals surface area contributed by atoms with E-state index in [2.05, 4.69) is 13.0 Å². The van der Waals surface area contributed by atoms with E-state index in [1.807, 2.05) is 32.9 Å². The van der Waals surface area contributed by atoms with Gasteiger partial charge < -0.3 is 43.9 Å². The smallest absolute Gasteiger partial charge is 0.329 e. The van der Waals surface area contributed by atoms with Crippen molar-refractivity contribution in [2.24, 2.45) is 35.5 Å². The van der Waals surface area contributed by atoms with Gasteiger partial charge in [-0.2, -0.15) is 0 Å². The average Bonchev–Trinajstić information content (AvgIpc) is 3.28. The zero-order chi connectivity index (χ0) is 48.2. The molecule has 3 N–H and O–H groups in total. The van der Waals surface area contributed by atoms with E-state index >= 15 is 0 Å². The van der Waals surface area contributed by atoms with Crippen LogP contribution in [-0.4, -0.2) is 132 Å². The van der Waals surface area contributed by atoms with E-state index in [9.17, 15) is 39.3 Å². The molecule has 2 bridgehead atoms. The molecule has 368 valence electrons. The number of fused-ring (bicyclic) bond motifs is 3. The third-order valence-corrected chi connectivity index (χ3v) is 14.8. The lowest BCUT2D eigenvalue weighted by Gasteiger charge is -2.42. The standard InChI is InChI=1S/C51H81NO13/c1-30-16-12-11-13-17-31(2)42(61-8)28-38-21-19-36(7)51(60,65-38)48(57)49(58)52-23-15-14-18-39(52)50(59)64-43(33(4)26-37-20-22-40(53)44(27-37)62-9)29-41(54)32(3)25-35(6)46(56)47(63-10)45(55)34(5)24-30/h11,13,17,25,30,32-34,36-40,42-44,46-47,53,56,60H,12,14-16,18-24,26-29H2,1-10H3/b13-11+,31-17+,35-25+/t30-,32-,33-,34-,36-,37+,38+,39+,40-,42+,43+,44-,46?,47+,51-/m1/s1. The Morgan fingerprint density at radius 3 is 2.26 bits per heavy atom. The van der Waals surface area contributed by atoms with Crippen LogP contribution in [0, 0.1) is 35.5 Å². The van der Waals surface area contributed by atoms with Gasteiger partial charge in [-0.25, -0.2) is 4.79 Å². The summed E-state index contributed by atoms with van der Waals surface area (Å²) in [5.41, 5.74) is 1.31. The van der Waals surface area contributed by atoms with Crippen molar-refractivity contribution in [1.29, 1.82) is 0 Å². The van der Waals surface area contributed by atoms with Crippen LogP contribution in [0.1, 0.15) is 138 Å². The highest BCUT2D eigenvalue weighted by molar-refractivity contribution is 6.39. The Balaban J connectivity index is 1.69. The molecule has 1 aliphatic carbocycles. The molecule has 3 heterocycles. The van der Waals surface area contributed by atoms with Gasteiger partial charge in [0.15, 0.2) is 5.78 Å². The largest absolute Gasteiger partial charge is 0.460 e. The fourth-order valence-electron chi connectivity index (χ4n) is 10.4. The number of allylic oxidation sites excluding steroid dienone is 4. The minimum atomic E-state index is -2.42. The van der Waals surface area contributed by atoms with E-state index in [4.69, 9.17) is 23.7 Å². The molecule has 0 spiro atoms. The molecule has 0 aromatic carbocycles. The number of rotatable bonds is 6. The van der Waals surface area contributed by atoms with Crippen molar-refractivity contribution in [3.8, 4) is 0 Å². The van der Waals surface area contributed by atoms with Crippen molar-refractivity contribution in [2.45, 2.75) is 193 Å². The number of hydrogen-bond acceptors (Lipinski definition) is 13. The molecule has 1 saturated carbocycles. The van der Waals surface area contributed by atoms with E-state index in [-0.39, 0.29) is 54.8 Å². The molecular weight excluding hydrogens is 835 g/mol. The first-order valence-corrected chi connectivity index (χ1v) is 24.2. The maximum atomic E-state index is 14.4. The Bertz CT molecular complexity index is 1710. The summed E-state index contributed by atoms with van der Waals surface area (Å²) in [4.78, 5) is 71.8. The van der Waals surface area contributed by atoms with Crippen molar-refractivity contribution in [3.05, 3.63) is 35.5 Å². The summed E-state index contributed by atoms with van der Waals surface area (Å²) in [5.74, 6) is -7.63. The molecule has 0 aromatic rings. The summed E-state index contributed by atoms with van der Waals surface area (Å²) in [6.45, 7) is 12.9. The highest BCUT2D eigenvalue weighted by atomic mass is 16.6. The van der Waals surface area contributed by atoms with E-state index in [0.29, 0.717) is 63.4 Å². The molecule has 1 unspecified atom stereocenters. The number of nitrogens with zero attached hydrogens (tertiary/aromatic N) is 1. The number of ether oxygens (including phenoxy) is 5. The number of hydrogen-bond donors (Lipinski definition) is 3. The lowest BCUT2D eigenvalue weighted by molar-refractivity contribution is -0.265. The van der Waals surface area contributed by atoms with Crippen LogP contribution >= 0.6 is 0 Å². The number of aliphatic hydroxyl groups is 3.